The molecule has 2 N–H and O–H groups in total. The summed E-state index contributed by atoms with van der Waals surface area (Å²) in [5, 5.41) is 3.44. The Labute approximate surface area is 95.0 Å². The van der Waals surface area contributed by atoms with Crippen molar-refractivity contribution >= 4 is 23.2 Å². The van der Waals surface area contributed by atoms with Crippen LogP contribution in [0.2, 0.25) is 5.02 Å². The largest absolute Gasteiger partial charge is 0.330 e. The quantitative estimate of drug-likeness (QED) is 0.788. The normalized spacial score (nSPS) is 12.6. The van der Waals surface area contributed by atoms with Crippen molar-refractivity contribution in [3.8, 4) is 0 Å². The Bertz CT molecular complexity index is 352. The van der Waals surface area contributed by atoms with Gasteiger partial charge in [-0.25, -0.2) is 0 Å². The van der Waals surface area contributed by atoms with Crippen LogP contribution in [0.15, 0.2) is 24.3 Å². The highest BCUT2D eigenvalue weighted by Gasteiger charge is 2.18. The minimum atomic E-state index is -0.0796. The van der Waals surface area contributed by atoms with Crippen molar-refractivity contribution in [1.82, 2.24) is 0 Å². The molecular weight excluding hydrogens is 212 g/mol. The molecule has 0 heterocycles. The Hall–Kier alpha value is -1.06. The molecule has 0 saturated carbocycles. The lowest BCUT2D eigenvalue weighted by molar-refractivity contribution is -0.873. The number of carbonyl (C=O) groups excluding carboxylic acids is 1. The number of hydrogen-bond donors (Lipinski definition) is 2. The van der Waals surface area contributed by atoms with Gasteiger partial charge in [0.2, 0.25) is 0 Å². The Balaban J connectivity index is 2.66. The average molecular weight is 228 g/mol. The molecule has 0 radical (unpaired) electrons. The van der Waals surface area contributed by atoms with Crippen molar-refractivity contribution < 1.29 is 9.69 Å². The summed E-state index contributed by atoms with van der Waals surface area (Å²) in [6, 6.07) is 7.06. The first kappa shape index (κ1) is 12.0. The number of amides is 1. The van der Waals surface area contributed by atoms with E-state index in [4.69, 9.17) is 11.6 Å². The lowest BCUT2D eigenvalue weighted by Crippen LogP contribution is -3.11. The van der Waals surface area contributed by atoms with Crippen molar-refractivity contribution in [2.24, 2.45) is 0 Å². The molecule has 3 nitrogen and oxygen atoms in total. The van der Waals surface area contributed by atoms with Crippen molar-refractivity contribution in [2.75, 3.05) is 19.4 Å². The molecule has 0 aliphatic heterocycles. The summed E-state index contributed by atoms with van der Waals surface area (Å²) in [5.74, 6) is -0.00253. The summed E-state index contributed by atoms with van der Waals surface area (Å²) in [7, 11) is 3.89. The van der Waals surface area contributed by atoms with Crippen molar-refractivity contribution in [3.63, 3.8) is 0 Å². The molecule has 0 unspecified atom stereocenters. The summed E-state index contributed by atoms with van der Waals surface area (Å²) in [4.78, 5) is 12.8. The van der Waals surface area contributed by atoms with Gasteiger partial charge < -0.3 is 10.2 Å². The minimum Gasteiger partial charge on any atom is -0.330 e. The van der Waals surface area contributed by atoms with Crippen LogP contribution in [0.3, 0.4) is 0 Å². The first-order chi connectivity index (χ1) is 7.00. The van der Waals surface area contributed by atoms with Gasteiger partial charge in [-0.2, -0.15) is 0 Å². The van der Waals surface area contributed by atoms with Crippen LogP contribution in [0, 0.1) is 0 Å². The number of carbonyl (C=O) groups is 1. The van der Waals surface area contributed by atoms with E-state index < -0.39 is 0 Å². The Morgan fingerprint density at radius 3 is 2.67 bits per heavy atom. The second kappa shape index (κ2) is 5.14. The Morgan fingerprint density at radius 2 is 2.13 bits per heavy atom. The fraction of sp³-hybridized carbons (Fsp3) is 0.364. The Morgan fingerprint density at radius 1 is 1.47 bits per heavy atom. The summed E-state index contributed by atoms with van der Waals surface area (Å²) in [5.41, 5.74) is 0.737. The zero-order valence-electron chi connectivity index (χ0n) is 9.17. The first-order valence-electron chi connectivity index (χ1n) is 4.87. The van der Waals surface area contributed by atoms with E-state index in [0.717, 1.165) is 10.6 Å². The first-order valence-corrected chi connectivity index (χ1v) is 5.25. The molecule has 0 fully saturated rings. The van der Waals surface area contributed by atoms with Gasteiger partial charge in [-0.15, -0.1) is 0 Å². The predicted molar refractivity (Wildman–Crippen MR) is 62.4 cm³/mol. The molecule has 0 aliphatic rings. The highest BCUT2D eigenvalue weighted by molar-refractivity contribution is 6.30. The third kappa shape index (κ3) is 3.53. The smallest absolute Gasteiger partial charge is 0.282 e. The summed E-state index contributed by atoms with van der Waals surface area (Å²) >= 11 is 5.81. The lowest BCUT2D eigenvalue weighted by Gasteiger charge is -2.16. The molecule has 15 heavy (non-hydrogen) atoms. The zero-order chi connectivity index (χ0) is 11.4. The summed E-state index contributed by atoms with van der Waals surface area (Å²) in [6.07, 6.45) is 0. The minimum absolute atomic E-state index is 0.00253. The summed E-state index contributed by atoms with van der Waals surface area (Å²) in [6.45, 7) is 1.88. The molecular formula is C11H16ClN2O+. The maximum absolute atomic E-state index is 11.7. The molecule has 0 saturated heterocycles. The molecule has 1 atom stereocenters. The molecule has 0 bridgehead atoms. The fourth-order valence-corrected chi connectivity index (χ4v) is 1.27. The van der Waals surface area contributed by atoms with Gasteiger partial charge in [0.15, 0.2) is 6.04 Å². The molecule has 1 aromatic rings. The molecule has 1 aromatic carbocycles. The maximum Gasteiger partial charge on any atom is 0.282 e. The molecule has 0 spiro atoms. The van der Waals surface area contributed by atoms with E-state index in [1.54, 1.807) is 12.1 Å². The van der Waals surface area contributed by atoms with Gasteiger partial charge in [-0.3, -0.25) is 4.79 Å². The number of anilines is 1. The van der Waals surface area contributed by atoms with Crippen LogP contribution in [0.4, 0.5) is 5.69 Å². The SMILES string of the molecule is C[C@@H](C(=O)Nc1cccc(Cl)c1)[NH+](C)C. The van der Waals surface area contributed by atoms with E-state index in [0.29, 0.717) is 5.02 Å². The number of rotatable bonds is 3. The molecule has 0 aliphatic carbocycles. The van der Waals surface area contributed by atoms with Gasteiger partial charge >= 0.3 is 0 Å². The van der Waals surface area contributed by atoms with E-state index in [1.165, 1.54) is 0 Å². The predicted octanol–water partition coefficient (Wildman–Crippen LogP) is 0.811. The molecule has 1 amide bonds. The second-order valence-corrected chi connectivity index (χ2v) is 4.24. The molecule has 0 aromatic heterocycles. The highest BCUT2D eigenvalue weighted by Crippen LogP contribution is 2.14. The monoisotopic (exact) mass is 227 g/mol. The zero-order valence-corrected chi connectivity index (χ0v) is 9.93. The van der Waals surface area contributed by atoms with Gasteiger partial charge in [-0.1, -0.05) is 17.7 Å². The van der Waals surface area contributed by atoms with Crippen molar-refractivity contribution in [3.05, 3.63) is 29.3 Å². The molecule has 82 valence electrons. The number of nitrogens with one attached hydrogen (secondary N) is 2. The lowest BCUT2D eigenvalue weighted by atomic mass is 10.2. The van der Waals surface area contributed by atoms with E-state index in [-0.39, 0.29) is 11.9 Å². The van der Waals surface area contributed by atoms with Crippen LogP contribution in [0.25, 0.3) is 0 Å². The Kier molecular flexibility index (Phi) is 4.12. The molecule has 4 heteroatoms. The summed E-state index contributed by atoms with van der Waals surface area (Å²) < 4.78 is 0. The molecule has 1 rings (SSSR count). The maximum atomic E-state index is 11.7. The van der Waals surface area contributed by atoms with Crippen LogP contribution >= 0.6 is 11.6 Å². The van der Waals surface area contributed by atoms with Gasteiger partial charge in [0, 0.05) is 10.7 Å². The number of halogens is 1. The van der Waals surface area contributed by atoms with Gasteiger partial charge in [-0.05, 0) is 25.1 Å². The number of benzene rings is 1. The van der Waals surface area contributed by atoms with E-state index in [2.05, 4.69) is 5.32 Å². The third-order valence-electron chi connectivity index (χ3n) is 2.35. The van der Waals surface area contributed by atoms with Gasteiger partial charge in [0.25, 0.3) is 5.91 Å². The van der Waals surface area contributed by atoms with Crippen molar-refractivity contribution in [1.29, 1.82) is 0 Å². The number of quaternary nitrogens is 1. The number of likely N-dealkylation sites (N-methyl/N-ethyl adjacent to an activating group) is 1. The second-order valence-electron chi connectivity index (χ2n) is 3.80. The van der Waals surface area contributed by atoms with Crippen LogP contribution in [0.1, 0.15) is 6.92 Å². The standard InChI is InChI=1S/C11H15ClN2O/c1-8(14(2)3)11(15)13-10-6-4-5-9(12)7-10/h4-8H,1-3H3,(H,13,15)/p+1/t8-/m0/s1. The third-order valence-corrected chi connectivity index (χ3v) is 2.59. The van der Waals surface area contributed by atoms with E-state index in [1.807, 2.05) is 33.2 Å². The van der Waals surface area contributed by atoms with E-state index >= 15 is 0 Å². The van der Waals surface area contributed by atoms with Crippen LogP contribution in [-0.4, -0.2) is 26.0 Å². The van der Waals surface area contributed by atoms with Crippen LogP contribution in [-0.2, 0) is 4.79 Å². The van der Waals surface area contributed by atoms with Gasteiger partial charge in [0.1, 0.15) is 0 Å². The highest BCUT2D eigenvalue weighted by atomic mass is 35.5. The average Bonchev–Trinajstić information content (AvgIpc) is 2.16. The fourth-order valence-electron chi connectivity index (χ4n) is 1.08. The van der Waals surface area contributed by atoms with Crippen LogP contribution < -0.4 is 10.2 Å². The van der Waals surface area contributed by atoms with Gasteiger partial charge in [0.05, 0.1) is 14.1 Å². The topological polar surface area (TPSA) is 33.5 Å². The van der Waals surface area contributed by atoms with Crippen LogP contribution in [0.5, 0.6) is 0 Å². The van der Waals surface area contributed by atoms with Crippen molar-refractivity contribution in [2.45, 2.75) is 13.0 Å². The number of hydrogen-bond acceptors (Lipinski definition) is 1. The van der Waals surface area contributed by atoms with E-state index in [9.17, 15) is 4.79 Å².